The van der Waals surface area contributed by atoms with Gasteiger partial charge >= 0.3 is 12.1 Å². The molecule has 2 aliphatic carbocycles. The van der Waals surface area contributed by atoms with Crippen molar-refractivity contribution in [3.63, 3.8) is 0 Å². The average Bonchev–Trinajstić information content (AvgIpc) is 3.49. The number of nitrogens with zero attached hydrogens (tertiary/aromatic N) is 3. The van der Waals surface area contributed by atoms with E-state index in [0.29, 0.717) is 55.3 Å². The van der Waals surface area contributed by atoms with Gasteiger partial charge in [0, 0.05) is 18.0 Å². The molecular formula is C31H38F3N3O4S. The Morgan fingerprint density at radius 1 is 1.10 bits per heavy atom. The summed E-state index contributed by atoms with van der Waals surface area (Å²) in [6.45, 7) is 2.51. The Labute approximate surface area is 247 Å². The average molecular weight is 606 g/mol. The SMILES string of the molecule is CCOC(=O)c1ccc2nc(N3C4CCC3CC(OCC3C(C5CCCCC5C(F)(F)F)=NOC3C3CC3)C4)sc2c1. The van der Waals surface area contributed by atoms with Crippen LogP contribution >= 0.6 is 11.3 Å². The highest BCUT2D eigenvalue weighted by Crippen LogP contribution is 2.48. The van der Waals surface area contributed by atoms with Gasteiger partial charge in [-0.2, -0.15) is 13.2 Å². The number of anilines is 1. The van der Waals surface area contributed by atoms with Crippen LogP contribution in [0.3, 0.4) is 0 Å². The van der Waals surface area contributed by atoms with Crippen molar-refractivity contribution in [3.05, 3.63) is 23.8 Å². The number of aromatic nitrogens is 1. The van der Waals surface area contributed by atoms with Crippen molar-refractivity contribution < 1.29 is 32.3 Å². The van der Waals surface area contributed by atoms with Crippen molar-refractivity contribution >= 4 is 38.4 Å². The van der Waals surface area contributed by atoms with E-state index in [1.807, 2.05) is 12.1 Å². The molecule has 2 saturated heterocycles. The zero-order valence-electron chi connectivity index (χ0n) is 23.9. The van der Waals surface area contributed by atoms with Crippen molar-refractivity contribution in [2.75, 3.05) is 18.1 Å². The zero-order valence-corrected chi connectivity index (χ0v) is 24.7. The monoisotopic (exact) mass is 605 g/mol. The third-order valence-electron chi connectivity index (χ3n) is 10.0. The first kappa shape index (κ1) is 28.4. The summed E-state index contributed by atoms with van der Waals surface area (Å²) in [6, 6.07) is 6.12. The van der Waals surface area contributed by atoms with Gasteiger partial charge in [0.05, 0.1) is 52.6 Å². The number of halogens is 3. The lowest BCUT2D eigenvalue weighted by Gasteiger charge is -2.39. The molecule has 1 aromatic carbocycles. The summed E-state index contributed by atoms with van der Waals surface area (Å²) in [5.74, 6) is -2.09. The Kier molecular flexibility index (Phi) is 7.61. The number of carbonyl (C=O) groups is 1. The lowest BCUT2D eigenvalue weighted by Crippen LogP contribution is -2.47. The van der Waals surface area contributed by atoms with Gasteiger partial charge in [-0.15, -0.1) is 0 Å². The first-order valence-corrected chi connectivity index (χ1v) is 16.4. The van der Waals surface area contributed by atoms with Crippen LogP contribution in [-0.2, 0) is 14.3 Å². The molecule has 4 heterocycles. The molecule has 7 nitrogen and oxygen atoms in total. The summed E-state index contributed by atoms with van der Waals surface area (Å²) in [6.07, 6.45) is 3.73. The third kappa shape index (κ3) is 5.40. The molecule has 0 spiro atoms. The fourth-order valence-corrected chi connectivity index (χ4v) is 9.00. The van der Waals surface area contributed by atoms with Crippen molar-refractivity contribution in [2.45, 2.75) is 102 Å². The van der Waals surface area contributed by atoms with E-state index in [-0.39, 0.29) is 30.5 Å². The molecule has 1 aromatic heterocycles. The second-order valence-electron chi connectivity index (χ2n) is 12.7. The van der Waals surface area contributed by atoms with Crippen LogP contribution in [0.2, 0.25) is 0 Å². The number of alkyl halides is 3. The van der Waals surface area contributed by atoms with Gasteiger partial charge < -0.3 is 19.2 Å². The normalized spacial score (nSPS) is 33.1. The van der Waals surface area contributed by atoms with Crippen molar-refractivity contribution in [1.29, 1.82) is 0 Å². The molecule has 42 heavy (non-hydrogen) atoms. The highest BCUT2D eigenvalue weighted by Gasteiger charge is 2.53. The molecule has 3 aliphatic heterocycles. The Morgan fingerprint density at radius 3 is 2.57 bits per heavy atom. The van der Waals surface area contributed by atoms with E-state index in [2.05, 4.69) is 10.1 Å². The molecule has 0 radical (unpaired) electrons. The third-order valence-corrected chi connectivity index (χ3v) is 11.1. The van der Waals surface area contributed by atoms with E-state index < -0.39 is 18.0 Å². The maximum absolute atomic E-state index is 14.0. The molecule has 228 valence electrons. The van der Waals surface area contributed by atoms with Crippen LogP contribution in [0, 0.1) is 23.7 Å². The summed E-state index contributed by atoms with van der Waals surface area (Å²) >= 11 is 1.61. The van der Waals surface area contributed by atoms with Gasteiger partial charge in [0.1, 0.15) is 6.10 Å². The lowest BCUT2D eigenvalue weighted by molar-refractivity contribution is -0.189. The molecule has 6 atom stereocenters. The molecule has 7 rings (SSSR count). The number of esters is 1. The first-order chi connectivity index (χ1) is 20.3. The molecule has 5 aliphatic rings. The summed E-state index contributed by atoms with van der Waals surface area (Å²) in [5.41, 5.74) is 2.01. The highest BCUT2D eigenvalue weighted by atomic mass is 32.1. The Morgan fingerprint density at radius 2 is 1.86 bits per heavy atom. The second kappa shape index (κ2) is 11.3. The van der Waals surface area contributed by atoms with Gasteiger partial charge in [0.15, 0.2) is 5.13 Å². The first-order valence-electron chi connectivity index (χ1n) is 15.6. The standard InChI is InChI=1S/C31H38F3N3O4S/c1-2-39-29(38)18-9-12-25-26(13-18)42-30(35-25)37-19-10-11-20(37)15-21(14-19)40-16-23-27(36-41-28(23)17-7-8-17)22-5-3-4-6-24(22)31(32,33)34/h9,12-13,17,19-24,28H,2-8,10-11,14-16H2,1H3. The van der Waals surface area contributed by atoms with E-state index in [1.165, 1.54) is 0 Å². The molecule has 0 amide bonds. The Bertz CT molecular complexity index is 1330. The van der Waals surface area contributed by atoms with Gasteiger partial charge in [-0.25, -0.2) is 9.78 Å². The summed E-state index contributed by atoms with van der Waals surface area (Å²) in [7, 11) is 0. The fourth-order valence-electron chi connectivity index (χ4n) is 7.85. The van der Waals surface area contributed by atoms with Crippen molar-refractivity contribution in [1.82, 2.24) is 4.98 Å². The van der Waals surface area contributed by atoms with Gasteiger partial charge in [-0.3, -0.25) is 0 Å². The predicted molar refractivity (Wildman–Crippen MR) is 154 cm³/mol. The van der Waals surface area contributed by atoms with E-state index in [1.54, 1.807) is 24.3 Å². The van der Waals surface area contributed by atoms with Crippen LogP contribution in [0.15, 0.2) is 23.4 Å². The van der Waals surface area contributed by atoms with Crippen LogP contribution in [0.1, 0.15) is 81.5 Å². The van der Waals surface area contributed by atoms with Gasteiger partial charge in [-0.05, 0) is 82.4 Å². The molecule has 11 heteroatoms. The smallest absolute Gasteiger partial charge is 0.392 e. The van der Waals surface area contributed by atoms with Crippen molar-refractivity contribution in [2.24, 2.45) is 28.8 Å². The number of oxime groups is 1. The number of hydrogen-bond acceptors (Lipinski definition) is 8. The minimum absolute atomic E-state index is 0.0509. The number of fused-ring (bicyclic) bond motifs is 3. The number of carbonyl (C=O) groups excluding carboxylic acids is 1. The number of rotatable bonds is 8. The van der Waals surface area contributed by atoms with Gasteiger partial charge in [-0.1, -0.05) is 29.3 Å². The Balaban J connectivity index is 1.03. The van der Waals surface area contributed by atoms with Crippen LogP contribution in [0.4, 0.5) is 18.3 Å². The molecule has 4 fully saturated rings. The second-order valence-corrected chi connectivity index (χ2v) is 13.7. The van der Waals surface area contributed by atoms with E-state index >= 15 is 0 Å². The fraction of sp³-hybridized carbons (Fsp3) is 0.710. The minimum Gasteiger partial charge on any atom is -0.462 e. The zero-order chi connectivity index (χ0) is 29.0. The highest BCUT2D eigenvalue weighted by molar-refractivity contribution is 7.22. The molecule has 2 saturated carbocycles. The lowest BCUT2D eigenvalue weighted by atomic mass is 9.72. The van der Waals surface area contributed by atoms with Crippen LogP contribution in [0.25, 0.3) is 10.2 Å². The van der Waals surface area contributed by atoms with Gasteiger partial charge in [0.25, 0.3) is 0 Å². The van der Waals surface area contributed by atoms with Crippen LogP contribution < -0.4 is 4.90 Å². The van der Waals surface area contributed by atoms with E-state index in [0.717, 1.165) is 60.3 Å². The summed E-state index contributed by atoms with van der Waals surface area (Å²) in [4.78, 5) is 25.4. The summed E-state index contributed by atoms with van der Waals surface area (Å²) < 4.78 is 54.6. The maximum atomic E-state index is 14.0. The molecule has 0 N–H and O–H groups in total. The number of benzene rings is 1. The molecule has 2 bridgehead atoms. The number of ether oxygens (including phenoxy) is 2. The van der Waals surface area contributed by atoms with Crippen molar-refractivity contribution in [3.8, 4) is 0 Å². The number of hydrogen-bond donors (Lipinski definition) is 0. The van der Waals surface area contributed by atoms with Crippen LogP contribution in [-0.4, -0.2) is 60.3 Å². The quantitative estimate of drug-likeness (QED) is 0.298. The largest absolute Gasteiger partial charge is 0.462 e. The molecule has 6 unspecified atom stereocenters. The maximum Gasteiger partial charge on any atom is 0.392 e. The number of piperidine rings is 1. The minimum atomic E-state index is -4.22. The predicted octanol–water partition coefficient (Wildman–Crippen LogP) is 7.14. The van der Waals surface area contributed by atoms with E-state index in [9.17, 15) is 18.0 Å². The molecule has 2 aromatic rings. The van der Waals surface area contributed by atoms with Gasteiger partial charge in [0.2, 0.25) is 0 Å². The Hall–Kier alpha value is -2.40. The van der Waals surface area contributed by atoms with Crippen LogP contribution in [0.5, 0.6) is 0 Å². The van der Waals surface area contributed by atoms with E-state index in [4.69, 9.17) is 19.3 Å². The topological polar surface area (TPSA) is 73.2 Å². The summed E-state index contributed by atoms with van der Waals surface area (Å²) in [5, 5.41) is 5.32. The number of thiazole rings is 1. The molecular weight excluding hydrogens is 567 g/mol.